The van der Waals surface area contributed by atoms with Crippen LogP contribution in [0.4, 0.5) is 0 Å². The zero-order chi connectivity index (χ0) is 4.50. The van der Waals surface area contributed by atoms with Gasteiger partial charge in [0.25, 0.3) is 0 Å². The van der Waals surface area contributed by atoms with Crippen molar-refractivity contribution >= 4 is 81.1 Å². The SMILES string of the molecule is O.[I][Cr]([I])([I])[I]. The van der Waals surface area contributed by atoms with Crippen LogP contribution in [-0.4, -0.2) is 5.48 Å². The molecule has 0 aromatic rings. The molecule has 0 radical (unpaired) electrons. The molecule has 0 bridgehead atoms. The molecule has 0 spiro atoms. The zero-order valence-electron chi connectivity index (χ0n) is 2.42. The average Bonchev–Trinajstić information content (AvgIpc) is 0.722. The van der Waals surface area contributed by atoms with Gasteiger partial charge in [0.05, 0.1) is 0 Å². The van der Waals surface area contributed by atoms with Gasteiger partial charge in [-0.25, -0.2) is 0 Å². The Morgan fingerprint density at radius 1 is 0.833 bits per heavy atom. The summed E-state index contributed by atoms with van der Waals surface area (Å²) in [4.78, 5) is 0. The van der Waals surface area contributed by atoms with Crippen molar-refractivity contribution in [1.29, 1.82) is 0 Å². The number of rotatable bonds is 0. The Kier molecular flexibility index (Phi) is 10.5. The van der Waals surface area contributed by atoms with Crippen LogP contribution in [-0.2, 0) is -0.0525 Å². The fourth-order valence-electron chi connectivity index (χ4n) is 0. The van der Waals surface area contributed by atoms with E-state index in [4.69, 9.17) is 0 Å². The first-order valence-electron chi connectivity index (χ1n) is 0.617. The summed E-state index contributed by atoms with van der Waals surface area (Å²) < 4.78 is -0.870. The van der Waals surface area contributed by atoms with E-state index in [-0.39, 0.29) is 5.48 Å². The summed E-state index contributed by atoms with van der Waals surface area (Å²) in [6.45, 7) is 0. The molecule has 0 aliphatic carbocycles. The Morgan fingerprint density at radius 3 is 0.833 bits per heavy atom. The summed E-state index contributed by atoms with van der Waals surface area (Å²) >= 11 is 9.98. The molecule has 0 heterocycles. The van der Waals surface area contributed by atoms with Gasteiger partial charge in [-0.15, -0.1) is 0 Å². The Morgan fingerprint density at radius 2 is 0.833 bits per heavy atom. The first-order chi connectivity index (χ1) is 2.00. The second-order valence-corrected chi connectivity index (χ2v) is 64.9. The first kappa shape index (κ1) is 12.1. The van der Waals surface area contributed by atoms with Crippen molar-refractivity contribution in [3.05, 3.63) is 0 Å². The van der Waals surface area contributed by atoms with E-state index in [1.165, 1.54) is 0 Å². The number of hydrogen-bond donors (Lipinski definition) is 0. The van der Waals surface area contributed by atoms with Gasteiger partial charge in [0.15, 0.2) is 0 Å². The molecular weight excluding hydrogens is 576 g/mol. The molecule has 0 aliphatic rings. The van der Waals surface area contributed by atoms with Gasteiger partial charge in [-0.05, 0) is 0 Å². The molecule has 6 heavy (non-hydrogen) atoms. The van der Waals surface area contributed by atoms with Crippen molar-refractivity contribution in [3.8, 4) is 0 Å². The fraction of sp³-hybridized carbons (Fsp3) is 0. The summed E-state index contributed by atoms with van der Waals surface area (Å²) in [7, 11) is 0. The Bertz CT molecular complexity index is 23.0. The maximum atomic E-state index is 2.49. The van der Waals surface area contributed by atoms with Crippen LogP contribution in [0, 0.1) is 0 Å². The summed E-state index contributed by atoms with van der Waals surface area (Å²) in [6, 6.07) is 0. The molecule has 0 fully saturated rings. The van der Waals surface area contributed by atoms with Crippen LogP contribution in [0.3, 0.4) is 0 Å². The van der Waals surface area contributed by atoms with E-state index < -0.39 is -0.0525 Å². The predicted molar refractivity (Wildman–Crippen MR) is 59.7 cm³/mol. The molecule has 0 aliphatic heterocycles. The number of hydrogen-bond acceptors (Lipinski definition) is 0. The summed E-state index contributed by atoms with van der Waals surface area (Å²) in [5, 5.41) is 0. The van der Waals surface area contributed by atoms with Crippen LogP contribution in [0.25, 0.3) is 0 Å². The summed E-state index contributed by atoms with van der Waals surface area (Å²) in [5.74, 6) is 0. The molecule has 0 atom stereocenters. The monoisotopic (exact) mass is 578 g/mol. The second-order valence-electron chi connectivity index (χ2n) is 0.350. The van der Waals surface area contributed by atoms with Gasteiger partial charge < -0.3 is 5.48 Å². The van der Waals surface area contributed by atoms with E-state index in [2.05, 4.69) is 81.1 Å². The Labute approximate surface area is 84.1 Å². The van der Waals surface area contributed by atoms with Gasteiger partial charge in [0.2, 0.25) is 0 Å². The van der Waals surface area contributed by atoms with Crippen LogP contribution in [0.5, 0.6) is 0 Å². The molecule has 6 heteroatoms. The molecule has 42 valence electrons. The van der Waals surface area contributed by atoms with Crippen LogP contribution >= 0.6 is 81.1 Å². The molecule has 1 nitrogen and oxygen atoms in total. The van der Waals surface area contributed by atoms with E-state index >= 15 is 0 Å². The van der Waals surface area contributed by atoms with E-state index in [0.29, 0.717) is 0 Å². The van der Waals surface area contributed by atoms with E-state index in [1.807, 2.05) is 0 Å². The zero-order valence-corrected chi connectivity index (χ0v) is 12.3. The van der Waals surface area contributed by atoms with Crippen molar-refractivity contribution in [2.24, 2.45) is 0 Å². The standard InChI is InChI=1S/Cr.4HI.H2O/h;4*1H;1H2/q+4;;;;;/p-4. The van der Waals surface area contributed by atoms with Crippen molar-refractivity contribution < 1.29 is 5.42 Å². The van der Waals surface area contributed by atoms with Gasteiger partial charge in [-0.1, -0.05) is 0 Å². The fourth-order valence-corrected chi connectivity index (χ4v) is 0. The predicted octanol–water partition coefficient (Wildman–Crippen LogP) is 2.72. The summed E-state index contributed by atoms with van der Waals surface area (Å²) in [6.07, 6.45) is 0. The van der Waals surface area contributed by atoms with Gasteiger partial charge in [-0.3, -0.25) is 0 Å². The molecular formula is H2CrI4O. The van der Waals surface area contributed by atoms with Crippen molar-refractivity contribution in [2.45, 2.75) is 0 Å². The van der Waals surface area contributed by atoms with E-state index in [0.717, 1.165) is 0 Å². The van der Waals surface area contributed by atoms with Crippen molar-refractivity contribution in [3.63, 3.8) is 0 Å². The Hall–Kier alpha value is 3.41. The quantitative estimate of drug-likeness (QED) is 0.397. The van der Waals surface area contributed by atoms with Crippen LogP contribution in [0.2, 0.25) is 0 Å². The Balaban J connectivity index is 0. The minimum absolute atomic E-state index is 0. The van der Waals surface area contributed by atoms with Gasteiger partial charge in [0.1, 0.15) is 0 Å². The third-order valence-electron chi connectivity index (χ3n) is 0. The van der Waals surface area contributed by atoms with Gasteiger partial charge >= 0.3 is 81.0 Å². The normalized spacial score (nSPS) is 12.7. The molecule has 0 saturated heterocycles. The molecule has 0 aromatic heterocycles. The second kappa shape index (κ2) is 5.22. The first-order valence-corrected chi connectivity index (χ1v) is 17.1. The molecule has 0 rings (SSSR count). The van der Waals surface area contributed by atoms with Crippen LogP contribution < -0.4 is 0 Å². The van der Waals surface area contributed by atoms with Gasteiger partial charge in [-0.2, -0.15) is 0 Å². The van der Waals surface area contributed by atoms with E-state index in [1.54, 1.807) is 0 Å². The molecule has 2 N–H and O–H groups in total. The maximum absolute atomic E-state index is 2.49. The molecule has 0 aromatic carbocycles. The molecule has 0 saturated carbocycles. The molecule has 0 amide bonds. The third-order valence-corrected chi connectivity index (χ3v) is 0. The van der Waals surface area contributed by atoms with Crippen LogP contribution in [0.1, 0.15) is 0 Å². The minimum atomic E-state index is -0.870. The van der Waals surface area contributed by atoms with Crippen molar-refractivity contribution in [2.75, 3.05) is 0 Å². The molecule has 0 unspecified atom stereocenters. The van der Waals surface area contributed by atoms with Crippen molar-refractivity contribution in [1.82, 2.24) is 0 Å². The van der Waals surface area contributed by atoms with E-state index in [9.17, 15) is 0 Å². The van der Waals surface area contributed by atoms with Gasteiger partial charge in [0, 0.05) is 0 Å². The summed E-state index contributed by atoms with van der Waals surface area (Å²) in [5.41, 5.74) is 0. The third kappa shape index (κ3) is 26.2. The number of halogens is 4. The topological polar surface area (TPSA) is 31.5 Å². The average molecular weight is 578 g/mol. The van der Waals surface area contributed by atoms with Crippen LogP contribution in [0.15, 0.2) is 0 Å².